The summed E-state index contributed by atoms with van der Waals surface area (Å²) in [5, 5.41) is 28.2. The fraction of sp³-hybridized carbons (Fsp3) is 0.738. The maximum atomic E-state index is 14.1. The van der Waals surface area contributed by atoms with Gasteiger partial charge in [0.1, 0.15) is 12.1 Å². The van der Waals surface area contributed by atoms with Gasteiger partial charge in [-0.3, -0.25) is 14.4 Å². The molecule has 1 aromatic carbocycles. The maximum Gasteiger partial charge on any atom is 0.242 e. The highest BCUT2D eigenvalue weighted by Crippen LogP contribution is 2.34. The first-order chi connectivity index (χ1) is 24.5. The number of carbonyl (C=O) groups is 3. The number of carbonyl (C=O) groups excluding carboxylic acids is 3. The van der Waals surface area contributed by atoms with Crippen LogP contribution in [0.2, 0.25) is 0 Å². The summed E-state index contributed by atoms with van der Waals surface area (Å²) < 4.78 is 0. The molecule has 4 fully saturated rings. The molecular weight excluding hydrogens is 640 g/mol. The molecule has 284 valence electrons. The second-order valence-corrected chi connectivity index (χ2v) is 16.4. The van der Waals surface area contributed by atoms with E-state index >= 15 is 0 Å². The van der Waals surface area contributed by atoms with E-state index in [9.17, 15) is 24.6 Å². The smallest absolute Gasteiger partial charge is 0.242 e. The van der Waals surface area contributed by atoms with Gasteiger partial charge in [0.25, 0.3) is 0 Å². The Balaban J connectivity index is 1.44. The van der Waals surface area contributed by atoms with Gasteiger partial charge in [-0.05, 0) is 80.6 Å². The highest BCUT2D eigenvalue weighted by atomic mass is 16.3. The molecule has 2 saturated heterocycles. The number of nitrogens with zero attached hydrogens (tertiary/aromatic N) is 2. The SMILES string of the molecule is C#CCC[C@H](NC(=O)[C@@H](CC(=O)N(C)CCN1CC2CCC(CC2)C1)Cc1ccccc1)C(=O)N[C@@H](CC1CCCCC1)[C@@H](O)[C@@H](O)CC(C)C. The van der Waals surface area contributed by atoms with Crippen LogP contribution in [-0.2, 0) is 20.8 Å². The molecule has 2 aliphatic heterocycles. The van der Waals surface area contributed by atoms with E-state index in [0.29, 0.717) is 31.7 Å². The third kappa shape index (κ3) is 13.5. The average molecular weight is 707 g/mol. The lowest BCUT2D eigenvalue weighted by Crippen LogP contribution is -2.56. The van der Waals surface area contributed by atoms with Crippen molar-refractivity contribution in [1.29, 1.82) is 0 Å². The number of fused-ring (bicyclic) bond motifs is 4. The van der Waals surface area contributed by atoms with Gasteiger partial charge in [0.2, 0.25) is 17.7 Å². The number of benzene rings is 1. The van der Waals surface area contributed by atoms with Crippen molar-refractivity contribution >= 4 is 17.7 Å². The van der Waals surface area contributed by atoms with Crippen LogP contribution in [0.25, 0.3) is 0 Å². The van der Waals surface area contributed by atoms with Crippen LogP contribution >= 0.6 is 0 Å². The van der Waals surface area contributed by atoms with Crippen LogP contribution in [0.5, 0.6) is 0 Å². The summed E-state index contributed by atoms with van der Waals surface area (Å²) >= 11 is 0. The van der Waals surface area contributed by atoms with Crippen molar-refractivity contribution < 1.29 is 24.6 Å². The molecule has 4 N–H and O–H groups in total. The maximum absolute atomic E-state index is 14.1. The second-order valence-electron chi connectivity index (χ2n) is 16.4. The first-order valence-corrected chi connectivity index (χ1v) is 19.9. The number of amides is 3. The third-order valence-electron chi connectivity index (χ3n) is 11.7. The van der Waals surface area contributed by atoms with Crippen molar-refractivity contribution in [2.24, 2.45) is 29.6 Å². The van der Waals surface area contributed by atoms with E-state index < -0.39 is 36.1 Å². The zero-order chi connectivity index (χ0) is 36.8. The van der Waals surface area contributed by atoms with Gasteiger partial charge in [0.05, 0.1) is 18.1 Å². The second kappa shape index (κ2) is 20.9. The fourth-order valence-electron chi connectivity index (χ4n) is 8.55. The number of hydrogen-bond acceptors (Lipinski definition) is 6. The highest BCUT2D eigenvalue weighted by Gasteiger charge is 2.35. The van der Waals surface area contributed by atoms with E-state index in [1.807, 2.05) is 51.2 Å². The van der Waals surface area contributed by atoms with E-state index in [0.717, 1.165) is 62.7 Å². The first kappa shape index (κ1) is 40.8. The van der Waals surface area contributed by atoms with Crippen molar-refractivity contribution in [3.63, 3.8) is 0 Å². The van der Waals surface area contributed by atoms with Crippen LogP contribution in [0.3, 0.4) is 0 Å². The van der Waals surface area contributed by atoms with Crippen molar-refractivity contribution in [2.75, 3.05) is 33.2 Å². The molecule has 2 saturated carbocycles. The molecular formula is C42H66N4O5. The van der Waals surface area contributed by atoms with Crippen molar-refractivity contribution in [1.82, 2.24) is 20.4 Å². The van der Waals surface area contributed by atoms with Gasteiger partial charge in [-0.2, -0.15) is 0 Å². The van der Waals surface area contributed by atoms with Crippen LogP contribution in [0, 0.1) is 41.9 Å². The van der Waals surface area contributed by atoms with Crippen LogP contribution < -0.4 is 10.6 Å². The first-order valence-electron chi connectivity index (χ1n) is 19.9. The molecule has 0 spiro atoms. The molecule has 2 heterocycles. The summed E-state index contributed by atoms with van der Waals surface area (Å²) in [6.07, 6.45) is 16.1. The molecule has 9 heteroatoms. The molecule has 2 bridgehead atoms. The summed E-state index contributed by atoms with van der Waals surface area (Å²) in [4.78, 5) is 45.9. The standard InChI is InChI=1S/C42H66N4O5/c1-5-6-17-36(42(51)44-37(26-32-15-11-8-12-16-32)40(49)38(47)24-30(2)3)43-41(50)35(25-31-13-9-7-10-14-31)27-39(48)45(4)22-23-46-28-33-18-19-34(29-46)21-20-33/h1,7,9-10,13-14,30,32-38,40,47,49H,6,8,11-12,15-29H2,2-4H3,(H,43,50)(H,44,51)/t33?,34?,35-,36+,37+,38+,40-/m1/s1. The molecule has 5 atom stereocenters. The number of nitrogens with one attached hydrogen (secondary N) is 2. The fourth-order valence-corrected chi connectivity index (χ4v) is 8.55. The van der Waals surface area contributed by atoms with Crippen LogP contribution in [-0.4, -0.2) is 95.3 Å². The number of aliphatic hydroxyl groups is 2. The lowest BCUT2D eigenvalue weighted by molar-refractivity contribution is -0.137. The number of terminal acetylenes is 1. The molecule has 9 nitrogen and oxygen atoms in total. The predicted molar refractivity (Wildman–Crippen MR) is 202 cm³/mol. The Hall–Kier alpha value is -2.93. The van der Waals surface area contributed by atoms with Crippen molar-refractivity contribution in [3.05, 3.63) is 35.9 Å². The minimum Gasteiger partial charge on any atom is -0.390 e. The molecule has 3 amide bonds. The van der Waals surface area contributed by atoms with Crippen molar-refractivity contribution in [3.8, 4) is 12.3 Å². The summed E-state index contributed by atoms with van der Waals surface area (Å²) in [5.74, 6) is 3.06. The van der Waals surface area contributed by atoms with Gasteiger partial charge in [-0.25, -0.2) is 0 Å². The van der Waals surface area contributed by atoms with E-state index in [4.69, 9.17) is 6.42 Å². The summed E-state index contributed by atoms with van der Waals surface area (Å²) in [7, 11) is 1.82. The Morgan fingerprint density at radius 1 is 0.941 bits per heavy atom. The molecule has 0 unspecified atom stereocenters. The Kier molecular flexibility index (Phi) is 16.8. The Morgan fingerprint density at radius 2 is 1.59 bits per heavy atom. The number of aliphatic hydroxyl groups excluding tert-OH is 2. The van der Waals surface area contributed by atoms with Crippen LogP contribution in [0.1, 0.15) is 109 Å². The summed E-state index contributed by atoms with van der Waals surface area (Å²) in [6.45, 7) is 7.63. The minimum atomic E-state index is -1.13. The van der Waals surface area contributed by atoms with E-state index in [1.165, 1.54) is 32.1 Å². The number of likely N-dealkylation sites (N-methyl/N-ethyl adjacent to an activating group) is 1. The van der Waals surface area contributed by atoms with Crippen molar-refractivity contribution in [2.45, 2.75) is 134 Å². The van der Waals surface area contributed by atoms with Gasteiger partial charge in [0.15, 0.2) is 0 Å². The summed E-state index contributed by atoms with van der Waals surface area (Å²) in [6, 6.07) is 8.05. The van der Waals surface area contributed by atoms with Gasteiger partial charge in [-0.1, -0.05) is 76.3 Å². The van der Waals surface area contributed by atoms with Gasteiger partial charge < -0.3 is 30.6 Å². The zero-order valence-electron chi connectivity index (χ0n) is 31.6. The molecule has 5 rings (SSSR count). The average Bonchev–Trinajstić information content (AvgIpc) is 3.45. The van der Waals surface area contributed by atoms with E-state index in [2.05, 4.69) is 21.5 Å². The van der Waals surface area contributed by atoms with Crippen LogP contribution in [0.4, 0.5) is 0 Å². The molecule has 0 radical (unpaired) electrons. The van der Waals surface area contributed by atoms with E-state index in [1.54, 1.807) is 4.90 Å². The Labute approximate surface area is 307 Å². The number of hydrogen-bond donors (Lipinski definition) is 4. The lowest BCUT2D eigenvalue weighted by atomic mass is 9.82. The Morgan fingerprint density at radius 3 is 2.20 bits per heavy atom. The molecule has 51 heavy (non-hydrogen) atoms. The van der Waals surface area contributed by atoms with Gasteiger partial charge in [0, 0.05) is 46.1 Å². The topological polar surface area (TPSA) is 122 Å². The lowest BCUT2D eigenvalue weighted by Gasteiger charge is -2.34. The molecule has 2 aliphatic carbocycles. The highest BCUT2D eigenvalue weighted by molar-refractivity contribution is 5.91. The monoisotopic (exact) mass is 707 g/mol. The minimum absolute atomic E-state index is 0.0242. The van der Waals surface area contributed by atoms with Gasteiger partial charge in [-0.15, -0.1) is 12.3 Å². The quantitative estimate of drug-likeness (QED) is 0.151. The van der Waals surface area contributed by atoms with Crippen LogP contribution in [0.15, 0.2) is 30.3 Å². The zero-order valence-corrected chi connectivity index (χ0v) is 31.6. The molecule has 4 aliphatic rings. The summed E-state index contributed by atoms with van der Waals surface area (Å²) in [5.41, 5.74) is 0.938. The number of rotatable bonds is 19. The third-order valence-corrected chi connectivity index (χ3v) is 11.7. The normalized spacial score (nSPS) is 22.6. The molecule has 1 aromatic rings. The predicted octanol–water partition coefficient (Wildman–Crippen LogP) is 4.94. The van der Waals surface area contributed by atoms with E-state index in [-0.39, 0.29) is 37.0 Å². The van der Waals surface area contributed by atoms with Gasteiger partial charge >= 0.3 is 0 Å². The molecule has 0 aromatic heterocycles. The largest absolute Gasteiger partial charge is 0.390 e. The Bertz CT molecular complexity index is 1240.